The Balaban J connectivity index is 1.69. The number of likely N-dealkylation sites (tertiary alicyclic amines) is 1. The van der Waals surface area contributed by atoms with Crippen LogP contribution in [0.2, 0.25) is 0 Å². The third-order valence-electron chi connectivity index (χ3n) is 3.35. The quantitative estimate of drug-likeness (QED) is 0.887. The molecule has 0 aliphatic carbocycles. The lowest BCUT2D eigenvalue weighted by atomic mass is 10.1. The third kappa shape index (κ3) is 3.82. The number of carbonyl (C=O) groups excluding carboxylic acids is 1. The van der Waals surface area contributed by atoms with Crippen molar-refractivity contribution in [1.29, 1.82) is 0 Å². The van der Waals surface area contributed by atoms with Gasteiger partial charge in [0, 0.05) is 29.4 Å². The maximum Gasteiger partial charge on any atom is 0.236 e. The zero-order chi connectivity index (χ0) is 12.8. The second-order valence-electron chi connectivity index (χ2n) is 4.77. The highest BCUT2D eigenvalue weighted by atomic mass is 32.1. The van der Waals surface area contributed by atoms with Crippen LogP contribution in [0.5, 0.6) is 0 Å². The van der Waals surface area contributed by atoms with Gasteiger partial charge in [0.1, 0.15) is 0 Å². The topological polar surface area (TPSA) is 32.3 Å². The van der Waals surface area contributed by atoms with Gasteiger partial charge in [-0.15, -0.1) is 11.3 Å². The highest BCUT2D eigenvalue weighted by Crippen LogP contribution is 2.16. The van der Waals surface area contributed by atoms with Gasteiger partial charge in [0.25, 0.3) is 0 Å². The molecule has 1 aromatic heterocycles. The summed E-state index contributed by atoms with van der Waals surface area (Å²) in [7, 11) is 0. The van der Waals surface area contributed by atoms with E-state index in [1.165, 1.54) is 16.2 Å². The molecule has 1 aliphatic heterocycles. The van der Waals surface area contributed by atoms with Crippen molar-refractivity contribution in [2.24, 2.45) is 0 Å². The summed E-state index contributed by atoms with van der Waals surface area (Å²) >= 11 is 1.83. The fourth-order valence-corrected chi connectivity index (χ4v) is 3.18. The summed E-state index contributed by atoms with van der Waals surface area (Å²) in [4.78, 5) is 16.6. The molecule has 4 heteroatoms. The molecule has 100 valence electrons. The molecule has 1 amide bonds. The number of nitrogens with zero attached hydrogens (tertiary/aromatic N) is 1. The molecule has 2 rings (SSSR count). The Bertz CT molecular complexity index is 383. The first-order chi connectivity index (χ1) is 8.79. The van der Waals surface area contributed by atoms with E-state index in [0.29, 0.717) is 6.54 Å². The maximum absolute atomic E-state index is 11.9. The Hall–Kier alpha value is -0.870. The molecule has 1 fully saturated rings. The van der Waals surface area contributed by atoms with Crippen molar-refractivity contribution in [2.45, 2.75) is 39.2 Å². The predicted molar refractivity (Wildman–Crippen MR) is 75.8 cm³/mol. The average molecular weight is 266 g/mol. The Morgan fingerprint density at radius 2 is 2.00 bits per heavy atom. The number of hydrogen-bond donors (Lipinski definition) is 1. The molecule has 3 nitrogen and oxygen atoms in total. The number of amides is 1. The zero-order valence-electron chi connectivity index (χ0n) is 11.1. The van der Waals surface area contributed by atoms with Crippen LogP contribution in [0.4, 0.5) is 0 Å². The van der Waals surface area contributed by atoms with E-state index in [2.05, 4.69) is 24.4 Å². The van der Waals surface area contributed by atoms with Gasteiger partial charge in [-0.3, -0.25) is 4.79 Å². The van der Waals surface area contributed by atoms with Crippen LogP contribution in [0, 0.1) is 0 Å². The van der Waals surface area contributed by atoms with Gasteiger partial charge >= 0.3 is 0 Å². The molecule has 0 unspecified atom stereocenters. The molecule has 1 aliphatic rings. The van der Waals surface area contributed by atoms with Gasteiger partial charge < -0.3 is 10.2 Å². The van der Waals surface area contributed by atoms with Crippen molar-refractivity contribution >= 4 is 17.2 Å². The number of rotatable bonds is 5. The van der Waals surface area contributed by atoms with Crippen LogP contribution < -0.4 is 5.32 Å². The van der Waals surface area contributed by atoms with Gasteiger partial charge in [-0.1, -0.05) is 6.92 Å². The third-order valence-corrected chi connectivity index (χ3v) is 4.58. The zero-order valence-corrected chi connectivity index (χ0v) is 11.9. The van der Waals surface area contributed by atoms with Crippen LogP contribution in [-0.2, 0) is 17.8 Å². The van der Waals surface area contributed by atoms with Crippen LogP contribution in [0.15, 0.2) is 12.1 Å². The standard InChI is InChI=1S/C14H22N2OS/c1-2-12-6-7-13(18-12)10-15-11-14(17)16-8-4-3-5-9-16/h6-7,15H,2-5,8-11H2,1H3. The minimum atomic E-state index is 0.252. The van der Waals surface area contributed by atoms with Crippen LogP contribution in [0.25, 0.3) is 0 Å². The van der Waals surface area contributed by atoms with Crippen molar-refractivity contribution in [3.8, 4) is 0 Å². The molecular formula is C14H22N2OS. The molecule has 0 aromatic carbocycles. The Morgan fingerprint density at radius 1 is 1.28 bits per heavy atom. The Morgan fingerprint density at radius 3 is 2.67 bits per heavy atom. The number of thiophene rings is 1. The maximum atomic E-state index is 11.9. The van der Waals surface area contributed by atoms with E-state index in [1.807, 2.05) is 16.2 Å². The summed E-state index contributed by atoms with van der Waals surface area (Å²) in [5, 5.41) is 3.26. The van der Waals surface area contributed by atoms with Crippen molar-refractivity contribution in [3.63, 3.8) is 0 Å². The van der Waals surface area contributed by atoms with Crippen molar-refractivity contribution < 1.29 is 4.79 Å². The lowest BCUT2D eigenvalue weighted by Gasteiger charge is -2.26. The van der Waals surface area contributed by atoms with Gasteiger partial charge in [0.05, 0.1) is 6.54 Å². The van der Waals surface area contributed by atoms with Crippen LogP contribution >= 0.6 is 11.3 Å². The molecular weight excluding hydrogens is 244 g/mol. The molecule has 1 N–H and O–H groups in total. The Kier molecular flexibility index (Phi) is 5.20. The fraction of sp³-hybridized carbons (Fsp3) is 0.643. The van der Waals surface area contributed by atoms with Crippen LogP contribution in [0.3, 0.4) is 0 Å². The summed E-state index contributed by atoms with van der Waals surface area (Å²) in [6.07, 6.45) is 4.69. The highest BCUT2D eigenvalue weighted by molar-refractivity contribution is 7.11. The minimum absolute atomic E-state index is 0.252. The van der Waals surface area contributed by atoms with Crippen molar-refractivity contribution in [3.05, 3.63) is 21.9 Å². The molecule has 1 saturated heterocycles. The van der Waals surface area contributed by atoms with Crippen LogP contribution in [-0.4, -0.2) is 30.4 Å². The smallest absolute Gasteiger partial charge is 0.236 e. The summed E-state index contributed by atoms with van der Waals surface area (Å²) < 4.78 is 0. The summed E-state index contributed by atoms with van der Waals surface area (Å²) in [6, 6.07) is 4.33. The number of nitrogens with one attached hydrogen (secondary N) is 1. The number of carbonyl (C=O) groups is 1. The van der Waals surface area contributed by atoms with E-state index >= 15 is 0 Å². The molecule has 0 bridgehead atoms. The lowest BCUT2D eigenvalue weighted by molar-refractivity contribution is -0.131. The van der Waals surface area contributed by atoms with E-state index in [4.69, 9.17) is 0 Å². The van der Waals surface area contributed by atoms with Crippen molar-refractivity contribution in [1.82, 2.24) is 10.2 Å². The van der Waals surface area contributed by atoms with E-state index in [9.17, 15) is 4.79 Å². The van der Waals surface area contributed by atoms with E-state index < -0.39 is 0 Å². The molecule has 0 atom stereocenters. The molecule has 18 heavy (non-hydrogen) atoms. The van der Waals surface area contributed by atoms with Gasteiger partial charge in [-0.2, -0.15) is 0 Å². The predicted octanol–water partition coefficient (Wildman–Crippen LogP) is 2.41. The van der Waals surface area contributed by atoms with E-state index in [1.54, 1.807) is 0 Å². The fourth-order valence-electron chi connectivity index (χ4n) is 2.26. The average Bonchev–Trinajstić information content (AvgIpc) is 2.87. The molecule has 0 radical (unpaired) electrons. The van der Waals surface area contributed by atoms with E-state index in [0.717, 1.165) is 38.9 Å². The van der Waals surface area contributed by atoms with Crippen molar-refractivity contribution in [2.75, 3.05) is 19.6 Å². The van der Waals surface area contributed by atoms with Gasteiger partial charge in [-0.25, -0.2) is 0 Å². The Labute approximate surface area is 113 Å². The second kappa shape index (κ2) is 6.90. The molecule has 2 heterocycles. The first kappa shape index (κ1) is 13.6. The largest absolute Gasteiger partial charge is 0.342 e. The minimum Gasteiger partial charge on any atom is -0.342 e. The van der Waals surface area contributed by atoms with Gasteiger partial charge in [0.15, 0.2) is 0 Å². The number of piperidine rings is 1. The van der Waals surface area contributed by atoms with Gasteiger partial charge in [-0.05, 0) is 37.8 Å². The first-order valence-electron chi connectivity index (χ1n) is 6.85. The van der Waals surface area contributed by atoms with Gasteiger partial charge in [0.2, 0.25) is 5.91 Å². The number of aryl methyl sites for hydroxylation is 1. The van der Waals surface area contributed by atoms with Crippen LogP contribution in [0.1, 0.15) is 35.9 Å². The second-order valence-corrected chi connectivity index (χ2v) is 6.02. The molecule has 0 saturated carbocycles. The highest BCUT2D eigenvalue weighted by Gasteiger charge is 2.15. The summed E-state index contributed by atoms with van der Waals surface area (Å²) in [6.45, 7) is 5.34. The molecule has 1 aromatic rings. The SMILES string of the molecule is CCc1ccc(CNCC(=O)N2CCCCC2)s1. The first-order valence-corrected chi connectivity index (χ1v) is 7.67. The normalized spacial score (nSPS) is 15.9. The summed E-state index contributed by atoms with van der Waals surface area (Å²) in [5.74, 6) is 0.252. The van der Waals surface area contributed by atoms with E-state index in [-0.39, 0.29) is 5.91 Å². The monoisotopic (exact) mass is 266 g/mol. The lowest BCUT2D eigenvalue weighted by Crippen LogP contribution is -2.40. The summed E-state index contributed by atoms with van der Waals surface area (Å²) in [5.41, 5.74) is 0. The molecule has 0 spiro atoms. The number of hydrogen-bond acceptors (Lipinski definition) is 3.